The number of nitrogens with one attached hydrogen (secondary N) is 1. The van der Waals surface area contributed by atoms with Crippen LogP contribution in [0, 0.1) is 6.92 Å². The Labute approximate surface area is 191 Å². The SMILES string of the molecule is Cc1ccccc1Cn1cnc2c(cnn2CCNC(=O)c2cc(Br)ccc2Cl)c1=O. The molecule has 2 aromatic carbocycles. The number of hydrogen-bond donors (Lipinski definition) is 1. The highest BCUT2D eigenvalue weighted by molar-refractivity contribution is 9.10. The Kier molecular flexibility index (Phi) is 6.20. The summed E-state index contributed by atoms with van der Waals surface area (Å²) in [5, 5.41) is 7.92. The molecule has 0 atom stereocenters. The third-order valence-electron chi connectivity index (χ3n) is 5.01. The highest BCUT2D eigenvalue weighted by atomic mass is 79.9. The molecule has 4 aromatic rings. The molecule has 31 heavy (non-hydrogen) atoms. The fourth-order valence-corrected chi connectivity index (χ4v) is 3.85. The number of amides is 1. The van der Waals surface area contributed by atoms with Gasteiger partial charge in [-0.05, 0) is 36.2 Å². The van der Waals surface area contributed by atoms with Gasteiger partial charge in [-0.2, -0.15) is 5.10 Å². The largest absolute Gasteiger partial charge is 0.350 e. The van der Waals surface area contributed by atoms with Crippen LogP contribution in [0.5, 0.6) is 0 Å². The lowest BCUT2D eigenvalue weighted by Gasteiger charge is -2.09. The minimum absolute atomic E-state index is 0.149. The minimum atomic E-state index is -0.281. The van der Waals surface area contributed by atoms with E-state index in [9.17, 15) is 9.59 Å². The fraction of sp³-hybridized carbons (Fsp3) is 0.182. The molecule has 2 heterocycles. The van der Waals surface area contributed by atoms with E-state index in [1.807, 2.05) is 31.2 Å². The molecule has 0 saturated carbocycles. The van der Waals surface area contributed by atoms with Crippen molar-refractivity contribution in [1.29, 1.82) is 0 Å². The molecule has 1 N–H and O–H groups in total. The Morgan fingerprint density at radius 1 is 1.23 bits per heavy atom. The fourth-order valence-electron chi connectivity index (χ4n) is 3.29. The number of aryl methyl sites for hydroxylation is 1. The second-order valence-corrected chi connectivity index (χ2v) is 8.41. The average Bonchev–Trinajstić information content (AvgIpc) is 3.17. The maximum Gasteiger partial charge on any atom is 0.264 e. The van der Waals surface area contributed by atoms with E-state index in [0.717, 1.165) is 15.6 Å². The molecular weight excluding hydrogens is 482 g/mol. The molecule has 0 spiro atoms. The normalized spacial score (nSPS) is 11.1. The van der Waals surface area contributed by atoms with Crippen LogP contribution in [-0.4, -0.2) is 31.8 Å². The second kappa shape index (κ2) is 9.03. The smallest absolute Gasteiger partial charge is 0.264 e. The van der Waals surface area contributed by atoms with Crippen LogP contribution in [-0.2, 0) is 13.1 Å². The van der Waals surface area contributed by atoms with Crippen molar-refractivity contribution in [3.05, 3.63) is 91.5 Å². The summed E-state index contributed by atoms with van der Waals surface area (Å²) in [7, 11) is 0. The first-order chi connectivity index (χ1) is 14.9. The first-order valence-corrected chi connectivity index (χ1v) is 10.8. The lowest BCUT2D eigenvalue weighted by molar-refractivity contribution is 0.0952. The van der Waals surface area contributed by atoms with Crippen LogP contribution >= 0.6 is 27.5 Å². The van der Waals surface area contributed by atoms with Crippen molar-refractivity contribution < 1.29 is 4.79 Å². The molecule has 1 amide bonds. The van der Waals surface area contributed by atoms with Crippen molar-refractivity contribution in [2.24, 2.45) is 0 Å². The molecular formula is C22H19BrClN5O2. The highest BCUT2D eigenvalue weighted by Gasteiger charge is 2.13. The summed E-state index contributed by atoms with van der Waals surface area (Å²) in [5.74, 6) is -0.281. The molecule has 0 aliphatic rings. The van der Waals surface area contributed by atoms with Gasteiger partial charge in [0.05, 0.1) is 29.9 Å². The molecule has 0 unspecified atom stereocenters. The van der Waals surface area contributed by atoms with Gasteiger partial charge < -0.3 is 5.32 Å². The van der Waals surface area contributed by atoms with Gasteiger partial charge in [-0.3, -0.25) is 14.2 Å². The number of rotatable bonds is 6. The maximum absolute atomic E-state index is 12.9. The van der Waals surface area contributed by atoms with Crippen molar-refractivity contribution in [2.75, 3.05) is 6.54 Å². The van der Waals surface area contributed by atoms with Gasteiger partial charge in [-0.15, -0.1) is 0 Å². The standard InChI is InChI=1S/C22H19BrClN5O2/c1-14-4-2-3-5-15(14)12-28-13-26-20-18(22(28)31)11-27-29(20)9-8-25-21(30)17-10-16(23)6-7-19(17)24/h2-7,10-11,13H,8-9,12H2,1H3,(H,25,30). The van der Waals surface area contributed by atoms with Gasteiger partial charge in [-0.25, -0.2) is 9.67 Å². The number of carbonyl (C=O) groups excluding carboxylic acids is 1. The van der Waals surface area contributed by atoms with Crippen LogP contribution in [0.3, 0.4) is 0 Å². The number of carbonyl (C=O) groups is 1. The van der Waals surface area contributed by atoms with E-state index >= 15 is 0 Å². The van der Waals surface area contributed by atoms with Crippen molar-refractivity contribution in [3.63, 3.8) is 0 Å². The summed E-state index contributed by atoms with van der Waals surface area (Å²) < 4.78 is 3.96. The zero-order valence-electron chi connectivity index (χ0n) is 16.7. The van der Waals surface area contributed by atoms with Gasteiger partial charge in [0.25, 0.3) is 11.5 Å². The Morgan fingerprint density at radius 2 is 2.03 bits per heavy atom. The lowest BCUT2D eigenvalue weighted by Crippen LogP contribution is -2.28. The van der Waals surface area contributed by atoms with Crippen LogP contribution in [0.1, 0.15) is 21.5 Å². The summed E-state index contributed by atoms with van der Waals surface area (Å²) in [6.45, 7) is 3.14. The molecule has 4 rings (SSSR count). The van der Waals surface area contributed by atoms with Gasteiger partial charge in [0.2, 0.25) is 0 Å². The number of hydrogen-bond acceptors (Lipinski definition) is 4. The van der Waals surface area contributed by atoms with Gasteiger partial charge >= 0.3 is 0 Å². The van der Waals surface area contributed by atoms with Crippen LogP contribution in [0.15, 0.2) is 64.3 Å². The third kappa shape index (κ3) is 4.55. The first-order valence-electron chi connectivity index (χ1n) is 9.63. The Hall–Kier alpha value is -2.97. The molecule has 0 aliphatic heterocycles. The summed E-state index contributed by atoms with van der Waals surface area (Å²) in [6, 6.07) is 13.0. The molecule has 0 fully saturated rings. The molecule has 9 heteroatoms. The van der Waals surface area contributed by atoms with E-state index in [2.05, 4.69) is 31.3 Å². The summed E-state index contributed by atoms with van der Waals surface area (Å²) >= 11 is 9.44. The molecule has 7 nitrogen and oxygen atoms in total. The summed E-state index contributed by atoms with van der Waals surface area (Å²) in [6.07, 6.45) is 3.06. The topological polar surface area (TPSA) is 81.8 Å². The van der Waals surface area contributed by atoms with Crippen molar-refractivity contribution in [2.45, 2.75) is 20.0 Å². The lowest BCUT2D eigenvalue weighted by atomic mass is 10.1. The number of benzene rings is 2. The third-order valence-corrected chi connectivity index (χ3v) is 5.83. The maximum atomic E-state index is 12.9. The number of aromatic nitrogens is 4. The molecule has 0 bridgehead atoms. The Bertz CT molecular complexity index is 1330. The van der Waals surface area contributed by atoms with Gasteiger partial charge in [0.15, 0.2) is 5.65 Å². The van der Waals surface area contributed by atoms with Crippen molar-refractivity contribution in [3.8, 4) is 0 Å². The molecule has 158 valence electrons. The molecule has 0 aliphatic carbocycles. The summed E-state index contributed by atoms with van der Waals surface area (Å²) in [4.78, 5) is 29.7. The second-order valence-electron chi connectivity index (χ2n) is 7.09. The van der Waals surface area contributed by atoms with E-state index in [1.54, 1.807) is 27.4 Å². The van der Waals surface area contributed by atoms with E-state index in [4.69, 9.17) is 11.6 Å². The molecule has 2 aromatic heterocycles. The quantitative estimate of drug-likeness (QED) is 0.437. The van der Waals surface area contributed by atoms with E-state index in [1.165, 1.54) is 12.5 Å². The Morgan fingerprint density at radius 3 is 2.84 bits per heavy atom. The van der Waals surface area contributed by atoms with Crippen molar-refractivity contribution >= 4 is 44.5 Å². The van der Waals surface area contributed by atoms with E-state index in [-0.39, 0.29) is 11.5 Å². The van der Waals surface area contributed by atoms with E-state index < -0.39 is 0 Å². The van der Waals surface area contributed by atoms with Crippen LogP contribution < -0.4 is 10.9 Å². The van der Waals surface area contributed by atoms with Crippen LogP contribution in [0.4, 0.5) is 0 Å². The number of halogens is 2. The predicted molar refractivity (Wildman–Crippen MR) is 124 cm³/mol. The highest BCUT2D eigenvalue weighted by Crippen LogP contribution is 2.20. The van der Waals surface area contributed by atoms with Crippen LogP contribution in [0.2, 0.25) is 5.02 Å². The zero-order valence-corrected chi connectivity index (χ0v) is 19.0. The average molecular weight is 501 g/mol. The minimum Gasteiger partial charge on any atom is -0.350 e. The monoisotopic (exact) mass is 499 g/mol. The first kappa shape index (κ1) is 21.3. The molecule has 0 radical (unpaired) electrons. The van der Waals surface area contributed by atoms with Gasteiger partial charge in [0.1, 0.15) is 11.7 Å². The Balaban J connectivity index is 1.48. The van der Waals surface area contributed by atoms with Crippen LogP contribution in [0.25, 0.3) is 11.0 Å². The predicted octanol–water partition coefficient (Wildman–Crippen LogP) is 3.80. The number of nitrogens with zero attached hydrogens (tertiary/aromatic N) is 4. The van der Waals surface area contributed by atoms with Crippen molar-refractivity contribution in [1.82, 2.24) is 24.6 Å². The number of fused-ring (bicyclic) bond motifs is 1. The summed E-state index contributed by atoms with van der Waals surface area (Å²) in [5.41, 5.74) is 2.90. The van der Waals surface area contributed by atoms with Gasteiger partial charge in [0, 0.05) is 11.0 Å². The molecule has 0 saturated heterocycles. The zero-order chi connectivity index (χ0) is 22.0. The van der Waals surface area contributed by atoms with Gasteiger partial charge in [-0.1, -0.05) is 51.8 Å². The van der Waals surface area contributed by atoms with E-state index in [0.29, 0.717) is 41.3 Å².